The molecular weight excluding hydrogens is 383 g/mol. The molecule has 4 nitrogen and oxygen atoms in total. The van der Waals surface area contributed by atoms with Crippen LogP contribution in [0.3, 0.4) is 0 Å². The molecule has 0 saturated carbocycles. The van der Waals surface area contributed by atoms with E-state index in [9.17, 15) is 4.39 Å². The Labute approximate surface area is 172 Å². The van der Waals surface area contributed by atoms with Crippen molar-refractivity contribution >= 4 is 11.8 Å². The lowest BCUT2D eigenvalue weighted by molar-refractivity contribution is 0.627. The number of rotatable bonds is 6. The predicted molar refractivity (Wildman–Crippen MR) is 111 cm³/mol. The van der Waals surface area contributed by atoms with Crippen LogP contribution in [0.2, 0.25) is 0 Å². The number of aromatic nitrogens is 3. The maximum Gasteiger partial charge on any atom is 0.196 e. The number of thioether (sulfide) groups is 1. The summed E-state index contributed by atoms with van der Waals surface area (Å²) in [5, 5.41) is 18.5. The quantitative estimate of drug-likeness (QED) is 0.420. The van der Waals surface area contributed by atoms with E-state index in [0.29, 0.717) is 17.7 Å². The van der Waals surface area contributed by atoms with Gasteiger partial charge in [0.05, 0.1) is 11.6 Å². The van der Waals surface area contributed by atoms with Crippen LogP contribution in [0.5, 0.6) is 0 Å². The second-order valence-electron chi connectivity index (χ2n) is 6.47. The van der Waals surface area contributed by atoms with E-state index in [1.165, 1.54) is 12.1 Å². The second kappa shape index (κ2) is 8.72. The average Bonchev–Trinajstić information content (AvgIpc) is 3.16. The van der Waals surface area contributed by atoms with Gasteiger partial charge in [-0.05, 0) is 47.5 Å². The molecule has 1 heterocycles. The fourth-order valence-corrected chi connectivity index (χ4v) is 3.89. The van der Waals surface area contributed by atoms with Gasteiger partial charge < -0.3 is 0 Å². The Kier molecular flexibility index (Phi) is 5.68. The first-order valence-corrected chi connectivity index (χ1v) is 10.1. The first kappa shape index (κ1) is 18.9. The van der Waals surface area contributed by atoms with Crippen molar-refractivity contribution in [1.29, 1.82) is 5.26 Å². The van der Waals surface area contributed by atoms with E-state index in [2.05, 4.69) is 16.3 Å². The van der Waals surface area contributed by atoms with E-state index in [0.717, 1.165) is 27.8 Å². The number of hydrogen-bond acceptors (Lipinski definition) is 4. The minimum atomic E-state index is -0.279. The maximum atomic E-state index is 13.4. The molecule has 0 spiro atoms. The monoisotopic (exact) mass is 400 g/mol. The molecule has 0 unspecified atom stereocenters. The summed E-state index contributed by atoms with van der Waals surface area (Å²) in [5.41, 5.74) is 3.68. The first-order chi connectivity index (χ1) is 14.2. The summed E-state index contributed by atoms with van der Waals surface area (Å²) in [5.74, 6) is 1.21. The highest BCUT2D eigenvalue weighted by molar-refractivity contribution is 7.98. The third-order valence-electron chi connectivity index (χ3n) is 4.44. The van der Waals surface area contributed by atoms with E-state index >= 15 is 0 Å². The van der Waals surface area contributed by atoms with E-state index in [1.54, 1.807) is 36.0 Å². The highest BCUT2D eigenvalue weighted by Crippen LogP contribution is 2.26. The van der Waals surface area contributed by atoms with Crippen molar-refractivity contribution in [2.24, 2.45) is 0 Å². The highest BCUT2D eigenvalue weighted by Gasteiger charge is 2.15. The van der Waals surface area contributed by atoms with Crippen molar-refractivity contribution in [2.75, 3.05) is 0 Å². The van der Waals surface area contributed by atoms with Crippen molar-refractivity contribution in [2.45, 2.75) is 17.3 Å². The molecule has 4 rings (SSSR count). The van der Waals surface area contributed by atoms with E-state index in [1.807, 2.05) is 47.0 Å². The van der Waals surface area contributed by atoms with Crippen LogP contribution in [0.15, 0.2) is 84.0 Å². The van der Waals surface area contributed by atoms with Gasteiger partial charge in [-0.1, -0.05) is 54.2 Å². The maximum absolute atomic E-state index is 13.4. The molecule has 0 bridgehead atoms. The first-order valence-electron chi connectivity index (χ1n) is 9.09. The van der Waals surface area contributed by atoms with Gasteiger partial charge in [0.15, 0.2) is 5.16 Å². The lowest BCUT2D eigenvalue weighted by atomic mass is 10.1. The Hall–Kier alpha value is -3.43. The Balaban J connectivity index is 1.63. The molecule has 0 fully saturated rings. The highest BCUT2D eigenvalue weighted by atomic mass is 32.2. The summed E-state index contributed by atoms with van der Waals surface area (Å²) in [7, 11) is 0. The zero-order valence-corrected chi connectivity index (χ0v) is 16.3. The van der Waals surface area contributed by atoms with Crippen LogP contribution < -0.4 is 0 Å². The van der Waals surface area contributed by atoms with E-state index < -0.39 is 0 Å². The molecule has 0 aliphatic carbocycles. The number of benzene rings is 3. The molecule has 0 N–H and O–H groups in total. The Morgan fingerprint density at radius 1 is 0.862 bits per heavy atom. The Morgan fingerprint density at radius 2 is 1.59 bits per heavy atom. The fraction of sp³-hybridized carbons (Fsp3) is 0.0870. The van der Waals surface area contributed by atoms with Gasteiger partial charge in [-0.25, -0.2) is 4.39 Å². The molecule has 29 heavy (non-hydrogen) atoms. The molecule has 3 aromatic carbocycles. The van der Waals surface area contributed by atoms with Crippen LogP contribution in [0.25, 0.3) is 5.69 Å². The summed E-state index contributed by atoms with van der Waals surface area (Å²) in [6.45, 7) is 0. The van der Waals surface area contributed by atoms with Crippen molar-refractivity contribution in [3.05, 3.63) is 107 Å². The molecule has 0 radical (unpaired) electrons. The molecular formula is C23H17FN4S. The van der Waals surface area contributed by atoms with Gasteiger partial charge in [0.1, 0.15) is 11.6 Å². The summed E-state index contributed by atoms with van der Waals surface area (Å²) in [4.78, 5) is 0. The molecule has 4 aromatic rings. The molecule has 0 saturated heterocycles. The van der Waals surface area contributed by atoms with Crippen LogP contribution in [0.1, 0.15) is 22.5 Å². The molecule has 142 valence electrons. The fourth-order valence-electron chi connectivity index (χ4n) is 2.96. The lowest BCUT2D eigenvalue weighted by Crippen LogP contribution is -2.04. The lowest BCUT2D eigenvalue weighted by Gasteiger charge is -2.10. The van der Waals surface area contributed by atoms with Gasteiger partial charge in [0.2, 0.25) is 0 Å². The van der Waals surface area contributed by atoms with Crippen LogP contribution >= 0.6 is 11.8 Å². The van der Waals surface area contributed by atoms with Crippen LogP contribution in [0, 0.1) is 17.1 Å². The zero-order chi connectivity index (χ0) is 20.1. The third-order valence-corrected chi connectivity index (χ3v) is 5.44. The molecule has 0 amide bonds. The van der Waals surface area contributed by atoms with Crippen molar-refractivity contribution in [3.63, 3.8) is 0 Å². The normalized spacial score (nSPS) is 10.6. The average molecular weight is 400 g/mol. The van der Waals surface area contributed by atoms with Gasteiger partial charge in [-0.3, -0.25) is 4.57 Å². The second-order valence-corrected chi connectivity index (χ2v) is 7.41. The van der Waals surface area contributed by atoms with Gasteiger partial charge in [0.25, 0.3) is 0 Å². The van der Waals surface area contributed by atoms with Gasteiger partial charge >= 0.3 is 0 Å². The molecule has 0 aliphatic rings. The van der Waals surface area contributed by atoms with Crippen LogP contribution in [-0.4, -0.2) is 14.8 Å². The van der Waals surface area contributed by atoms with Crippen molar-refractivity contribution < 1.29 is 4.39 Å². The SMILES string of the molecule is N#Cc1ccc(CSc2nnc(Cc3ccccc3)n2-c2ccc(F)cc2)cc1. The zero-order valence-electron chi connectivity index (χ0n) is 15.5. The van der Waals surface area contributed by atoms with Crippen molar-refractivity contribution in [1.82, 2.24) is 14.8 Å². The van der Waals surface area contributed by atoms with Crippen molar-refractivity contribution in [3.8, 4) is 11.8 Å². The minimum absolute atomic E-state index is 0.279. The molecule has 0 atom stereocenters. The van der Waals surface area contributed by atoms with E-state index in [4.69, 9.17) is 5.26 Å². The molecule has 6 heteroatoms. The predicted octanol–water partition coefficient (Wildman–Crippen LogP) is 5.16. The standard InChI is InChI=1S/C23H17FN4S/c24-20-10-12-21(13-11-20)28-22(14-17-4-2-1-3-5-17)26-27-23(28)29-16-19-8-6-18(15-25)7-9-19/h1-13H,14,16H2. The number of hydrogen-bond donors (Lipinski definition) is 0. The number of nitrogens with zero attached hydrogens (tertiary/aromatic N) is 4. The molecule has 0 aliphatic heterocycles. The summed E-state index contributed by atoms with van der Waals surface area (Å²) in [6.07, 6.45) is 0.628. The Morgan fingerprint density at radius 3 is 2.28 bits per heavy atom. The molecule has 1 aromatic heterocycles. The topological polar surface area (TPSA) is 54.5 Å². The summed E-state index contributed by atoms with van der Waals surface area (Å²) in [6, 6.07) is 26.0. The minimum Gasteiger partial charge on any atom is -0.274 e. The summed E-state index contributed by atoms with van der Waals surface area (Å²) >= 11 is 1.56. The number of halogens is 1. The van der Waals surface area contributed by atoms with Gasteiger partial charge in [0, 0.05) is 17.9 Å². The summed E-state index contributed by atoms with van der Waals surface area (Å²) < 4.78 is 15.4. The largest absolute Gasteiger partial charge is 0.274 e. The van der Waals surface area contributed by atoms with E-state index in [-0.39, 0.29) is 5.82 Å². The smallest absolute Gasteiger partial charge is 0.196 e. The van der Waals surface area contributed by atoms with Crippen LogP contribution in [0.4, 0.5) is 4.39 Å². The van der Waals surface area contributed by atoms with Gasteiger partial charge in [-0.2, -0.15) is 5.26 Å². The van der Waals surface area contributed by atoms with Crippen LogP contribution in [-0.2, 0) is 12.2 Å². The Bertz CT molecular complexity index is 1130. The number of nitriles is 1. The third kappa shape index (κ3) is 4.53. The van der Waals surface area contributed by atoms with Gasteiger partial charge in [-0.15, -0.1) is 10.2 Å².